The van der Waals surface area contributed by atoms with Crippen molar-refractivity contribution < 1.29 is 14.7 Å². The molecule has 1 N–H and O–H groups in total. The number of carboxylic acid groups (broad SMARTS) is 1. The summed E-state index contributed by atoms with van der Waals surface area (Å²) in [5.41, 5.74) is 2.70. The molecule has 0 spiro atoms. The SMILES string of the molecule is CC(C)=C1[C@H]2C=C[C@@H]1[C@H](C(=O)[O-])[C@@H]2C(=O)Nc1ccc(Cl)cc1. The van der Waals surface area contributed by atoms with Crippen molar-refractivity contribution in [2.45, 2.75) is 13.8 Å². The minimum atomic E-state index is -1.17. The lowest BCUT2D eigenvalue weighted by molar-refractivity contribution is -0.313. The van der Waals surface area contributed by atoms with Crippen LogP contribution in [0.3, 0.4) is 0 Å². The monoisotopic (exact) mass is 330 g/mol. The Morgan fingerprint density at radius 2 is 1.61 bits per heavy atom. The second-order valence-electron chi connectivity index (χ2n) is 6.26. The molecule has 0 saturated heterocycles. The minimum absolute atomic E-state index is 0.166. The first kappa shape index (κ1) is 15.8. The Morgan fingerprint density at radius 3 is 2.13 bits per heavy atom. The van der Waals surface area contributed by atoms with Crippen LogP contribution in [0, 0.1) is 23.7 Å². The molecule has 4 nitrogen and oxygen atoms in total. The van der Waals surface area contributed by atoms with Crippen LogP contribution in [-0.2, 0) is 9.59 Å². The Labute approximate surface area is 139 Å². The van der Waals surface area contributed by atoms with Gasteiger partial charge in [-0.1, -0.05) is 34.9 Å². The van der Waals surface area contributed by atoms with Crippen LogP contribution in [0.1, 0.15) is 13.8 Å². The van der Waals surface area contributed by atoms with Gasteiger partial charge in [0.25, 0.3) is 0 Å². The molecule has 2 aliphatic carbocycles. The molecular weight excluding hydrogens is 314 g/mol. The highest BCUT2D eigenvalue weighted by Crippen LogP contribution is 2.53. The van der Waals surface area contributed by atoms with Crippen LogP contribution in [0.2, 0.25) is 5.02 Å². The quantitative estimate of drug-likeness (QED) is 0.865. The average Bonchev–Trinajstić information content (AvgIpc) is 3.05. The summed E-state index contributed by atoms with van der Waals surface area (Å²) in [6.07, 6.45) is 3.83. The Morgan fingerprint density at radius 1 is 1.04 bits per heavy atom. The van der Waals surface area contributed by atoms with Crippen molar-refractivity contribution in [2.24, 2.45) is 23.7 Å². The molecule has 3 rings (SSSR count). The number of anilines is 1. The van der Waals surface area contributed by atoms with Gasteiger partial charge in [-0.3, -0.25) is 4.79 Å². The van der Waals surface area contributed by atoms with Gasteiger partial charge >= 0.3 is 0 Å². The van der Waals surface area contributed by atoms with Crippen molar-refractivity contribution >= 4 is 29.2 Å². The predicted molar refractivity (Wildman–Crippen MR) is 86.6 cm³/mol. The molecule has 0 heterocycles. The summed E-state index contributed by atoms with van der Waals surface area (Å²) in [6, 6.07) is 6.74. The second kappa shape index (κ2) is 5.85. The standard InChI is InChI=1S/C18H18ClNO3/c1-9(2)14-12-7-8-13(14)16(18(22)23)15(12)17(21)20-11-5-3-10(19)4-6-11/h3-8,12-13,15-16H,1-2H3,(H,20,21)(H,22,23)/p-1/t12-,13+,15-,16+/m1/s1. The van der Waals surface area contributed by atoms with E-state index in [1.165, 1.54) is 0 Å². The highest BCUT2D eigenvalue weighted by atomic mass is 35.5. The van der Waals surface area contributed by atoms with Crippen molar-refractivity contribution in [1.82, 2.24) is 0 Å². The molecule has 1 amide bonds. The third-order valence-electron chi connectivity index (χ3n) is 4.67. The molecule has 0 aliphatic heterocycles. The molecular formula is C18H17ClNO3-. The van der Waals surface area contributed by atoms with Crippen LogP contribution in [0.4, 0.5) is 5.69 Å². The van der Waals surface area contributed by atoms with E-state index in [1.807, 2.05) is 26.0 Å². The maximum absolute atomic E-state index is 12.7. The summed E-state index contributed by atoms with van der Waals surface area (Å²) in [4.78, 5) is 24.3. The van der Waals surface area contributed by atoms with Crippen LogP contribution in [0.15, 0.2) is 47.6 Å². The van der Waals surface area contributed by atoms with E-state index >= 15 is 0 Å². The van der Waals surface area contributed by atoms with Crippen molar-refractivity contribution in [2.75, 3.05) is 5.32 Å². The van der Waals surface area contributed by atoms with E-state index in [2.05, 4.69) is 5.32 Å². The maximum atomic E-state index is 12.7. The number of carbonyl (C=O) groups is 2. The van der Waals surface area contributed by atoms with Crippen molar-refractivity contribution in [3.8, 4) is 0 Å². The molecule has 0 aromatic heterocycles. The molecule has 120 valence electrons. The molecule has 2 aliphatic rings. The molecule has 1 saturated carbocycles. The van der Waals surface area contributed by atoms with Gasteiger partial charge in [-0.25, -0.2) is 0 Å². The van der Waals surface area contributed by atoms with Crippen LogP contribution in [0.5, 0.6) is 0 Å². The lowest BCUT2D eigenvalue weighted by Crippen LogP contribution is -2.42. The molecule has 0 unspecified atom stereocenters. The zero-order valence-electron chi connectivity index (χ0n) is 12.9. The number of rotatable bonds is 3. The first-order chi connectivity index (χ1) is 10.9. The number of aliphatic carboxylic acids is 1. The molecule has 23 heavy (non-hydrogen) atoms. The van der Waals surface area contributed by atoms with Gasteiger partial charge in [0.1, 0.15) is 0 Å². The fourth-order valence-corrected chi connectivity index (χ4v) is 3.91. The second-order valence-corrected chi connectivity index (χ2v) is 6.69. The number of fused-ring (bicyclic) bond motifs is 2. The Hall–Kier alpha value is -2.07. The van der Waals surface area contributed by atoms with Crippen LogP contribution in [-0.4, -0.2) is 11.9 Å². The number of carbonyl (C=O) groups excluding carboxylic acids is 2. The first-order valence-corrected chi connectivity index (χ1v) is 7.91. The largest absolute Gasteiger partial charge is 0.550 e. The van der Waals surface area contributed by atoms with E-state index in [-0.39, 0.29) is 17.7 Å². The number of benzene rings is 1. The van der Waals surface area contributed by atoms with Gasteiger partial charge in [0, 0.05) is 34.4 Å². The molecule has 5 heteroatoms. The van der Waals surface area contributed by atoms with Crippen LogP contribution >= 0.6 is 11.6 Å². The average molecular weight is 331 g/mol. The molecule has 4 atom stereocenters. The van der Waals surface area contributed by atoms with E-state index in [1.54, 1.807) is 24.3 Å². The summed E-state index contributed by atoms with van der Waals surface area (Å²) in [7, 11) is 0. The number of hydrogen-bond donors (Lipinski definition) is 1. The number of hydrogen-bond acceptors (Lipinski definition) is 3. The smallest absolute Gasteiger partial charge is 0.229 e. The number of amides is 1. The van der Waals surface area contributed by atoms with E-state index in [0.29, 0.717) is 10.7 Å². The predicted octanol–water partition coefficient (Wildman–Crippen LogP) is 2.41. The molecule has 2 bridgehead atoms. The fourth-order valence-electron chi connectivity index (χ4n) is 3.79. The minimum Gasteiger partial charge on any atom is -0.550 e. The Kier molecular flexibility index (Phi) is 4.02. The third-order valence-corrected chi connectivity index (χ3v) is 4.92. The zero-order valence-corrected chi connectivity index (χ0v) is 13.6. The van der Waals surface area contributed by atoms with Gasteiger partial charge in [-0.15, -0.1) is 0 Å². The highest BCUT2D eigenvalue weighted by molar-refractivity contribution is 6.30. The summed E-state index contributed by atoms with van der Waals surface area (Å²) < 4.78 is 0. The van der Waals surface area contributed by atoms with Gasteiger partial charge in [0.15, 0.2) is 0 Å². The molecule has 1 aromatic rings. The van der Waals surface area contributed by atoms with Gasteiger partial charge in [-0.05, 0) is 38.1 Å². The van der Waals surface area contributed by atoms with E-state index in [0.717, 1.165) is 11.1 Å². The van der Waals surface area contributed by atoms with E-state index < -0.39 is 17.8 Å². The topological polar surface area (TPSA) is 69.2 Å². The molecule has 0 radical (unpaired) electrons. The lowest BCUT2D eigenvalue weighted by Gasteiger charge is -2.27. The van der Waals surface area contributed by atoms with Crippen molar-refractivity contribution in [1.29, 1.82) is 0 Å². The number of carboxylic acids is 1. The van der Waals surface area contributed by atoms with Gasteiger partial charge in [0.2, 0.25) is 5.91 Å². The third kappa shape index (κ3) is 2.68. The number of allylic oxidation sites excluding steroid dienone is 4. The van der Waals surface area contributed by atoms with E-state index in [4.69, 9.17) is 11.6 Å². The van der Waals surface area contributed by atoms with Gasteiger partial charge in [0.05, 0.1) is 5.92 Å². The van der Waals surface area contributed by atoms with Crippen LogP contribution in [0.25, 0.3) is 0 Å². The van der Waals surface area contributed by atoms with Crippen LogP contribution < -0.4 is 10.4 Å². The Bertz CT molecular complexity index is 716. The summed E-state index contributed by atoms with van der Waals surface area (Å²) >= 11 is 5.83. The summed E-state index contributed by atoms with van der Waals surface area (Å²) in [5.74, 6) is -3.33. The fraction of sp³-hybridized carbons (Fsp3) is 0.333. The number of halogens is 1. The maximum Gasteiger partial charge on any atom is 0.229 e. The summed E-state index contributed by atoms with van der Waals surface area (Å²) in [5, 5.41) is 15.0. The zero-order chi connectivity index (χ0) is 16.7. The van der Waals surface area contributed by atoms with Crippen molar-refractivity contribution in [3.05, 3.63) is 52.6 Å². The normalized spacial score (nSPS) is 28.0. The summed E-state index contributed by atoms with van der Waals surface area (Å²) in [6.45, 7) is 3.91. The van der Waals surface area contributed by atoms with Gasteiger partial charge < -0.3 is 15.2 Å². The number of nitrogens with one attached hydrogen (secondary N) is 1. The molecule has 1 aromatic carbocycles. The first-order valence-electron chi connectivity index (χ1n) is 7.53. The van der Waals surface area contributed by atoms with E-state index in [9.17, 15) is 14.7 Å². The molecule has 1 fully saturated rings. The Balaban J connectivity index is 1.89. The lowest BCUT2D eigenvalue weighted by atomic mass is 9.82. The van der Waals surface area contributed by atoms with Crippen molar-refractivity contribution in [3.63, 3.8) is 0 Å². The highest BCUT2D eigenvalue weighted by Gasteiger charge is 2.52. The van der Waals surface area contributed by atoms with Gasteiger partial charge in [-0.2, -0.15) is 0 Å².